The minimum atomic E-state index is -0.682. The van der Waals surface area contributed by atoms with Gasteiger partial charge in [0.1, 0.15) is 0 Å². The number of ether oxygens (including phenoxy) is 1. The van der Waals surface area contributed by atoms with E-state index >= 15 is 0 Å². The Hall–Kier alpha value is -3.20. The van der Waals surface area contributed by atoms with Gasteiger partial charge in [-0.1, -0.05) is 33.2 Å². The van der Waals surface area contributed by atoms with Crippen LogP contribution in [0.25, 0.3) is 11.4 Å². The molecule has 9 heteroatoms. The summed E-state index contributed by atoms with van der Waals surface area (Å²) >= 11 is 3.37. The van der Waals surface area contributed by atoms with Gasteiger partial charge >= 0.3 is 12.0 Å². The SMILES string of the molecule is NC(=O)Nc1ccc(C(=O)OCc2nc(-c3cccc(Br)c3)no2)cc1. The zero-order valence-electron chi connectivity index (χ0n) is 13.3. The predicted octanol–water partition coefficient (Wildman–Crippen LogP) is 3.35. The molecule has 2 amide bonds. The summed E-state index contributed by atoms with van der Waals surface area (Å²) in [6, 6.07) is 12.8. The molecule has 0 spiro atoms. The molecule has 132 valence electrons. The first kappa shape index (κ1) is 17.6. The quantitative estimate of drug-likeness (QED) is 0.615. The zero-order valence-corrected chi connectivity index (χ0v) is 14.9. The van der Waals surface area contributed by atoms with Crippen molar-refractivity contribution in [3.8, 4) is 11.4 Å². The highest BCUT2D eigenvalue weighted by Gasteiger charge is 2.13. The fraction of sp³-hybridized carbons (Fsp3) is 0.0588. The summed E-state index contributed by atoms with van der Waals surface area (Å²) in [5.41, 5.74) is 6.58. The standard InChI is InChI=1S/C17H13BrN4O4/c18-12-3-1-2-11(8-12)15-21-14(26-22-15)9-25-16(23)10-4-6-13(7-5-10)20-17(19)24/h1-8H,9H2,(H3,19,20,24). The maximum absolute atomic E-state index is 12.0. The monoisotopic (exact) mass is 416 g/mol. The molecule has 0 fully saturated rings. The van der Waals surface area contributed by atoms with Crippen molar-refractivity contribution >= 4 is 33.6 Å². The third kappa shape index (κ3) is 4.45. The summed E-state index contributed by atoms with van der Waals surface area (Å²) in [6.07, 6.45) is 0. The Morgan fingerprint density at radius 2 is 1.96 bits per heavy atom. The number of nitrogens with zero attached hydrogens (tertiary/aromatic N) is 2. The second kappa shape index (κ2) is 7.79. The van der Waals surface area contributed by atoms with Gasteiger partial charge < -0.3 is 20.3 Å². The van der Waals surface area contributed by atoms with Gasteiger partial charge in [0.2, 0.25) is 5.82 Å². The van der Waals surface area contributed by atoms with Crippen molar-refractivity contribution in [2.75, 3.05) is 5.32 Å². The van der Waals surface area contributed by atoms with Gasteiger partial charge in [-0.2, -0.15) is 4.98 Å². The van der Waals surface area contributed by atoms with E-state index in [-0.39, 0.29) is 12.5 Å². The number of amides is 2. The van der Waals surface area contributed by atoms with E-state index < -0.39 is 12.0 Å². The van der Waals surface area contributed by atoms with E-state index in [1.165, 1.54) is 12.1 Å². The van der Waals surface area contributed by atoms with E-state index in [4.69, 9.17) is 15.0 Å². The molecule has 0 radical (unpaired) electrons. The van der Waals surface area contributed by atoms with Gasteiger partial charge in [0.15, 0.2) is 6.61 Å². The molecule has 1 aromatic heterocycles. The number of carbonyl (C=O) groups is 2. The van der Waals surface area contributed by atoms with Crippen LogP contribution in [0.3, 0.4) is 0 Å². The number of benzene rings is 2. The Bertz CT molecular complexity index is 940. The number of carbonyl (C=O) groups excluding carboxylic acids is 2. The van der Waals surface area contributed by atoms with Gasteiger partial charge in [-0.15, -0.1) is 0 Å². The van der Waals surface area contributed by atoms with Crippen molar-refractivity contribution in [2.24, 2.45) is 5.73 Å². The average molecular weight is 417 g/mol. The van der Waals surface area contributed by atoms with Crippen LogP contribution in [-0.4, -0.2) is 22.1 Å². The average Bonchev–Trinajstić information content (AvgIpc) is 3.09. The van der Waals surface area contributed by atoms with Crippen LogP contribution in [0.15, 0.2) is 57.5 Å². The van der Waals surface area contributed by atoms with Gasteiger partial charge in [0.25, 0.3) is 5.89 Å². The molecule has 0 saturated carbocycles. The molecule has 0 saturated heterocycles. The lowest BCUT2D eigenvalue weighted by molar-refractivity contribution is 0.0430. The topological polar surface area (TPSA) is 120 Å². The Labute approximate surface area is 156 Å². The molecule has 2 aromatic carbocycles. The number of aromatic nitrogens is 2. The molecular formula is C17H13BrN4O4. The van der Waals surface area contributed by atoms with Gasteiger partial charge in [-0.05, 0) is 36.4 Å². The fourth-order valence-electron chi connectivity index (χ4n) is 2.10. The number of urea groups is 1. The van der Waals surface area contributed by atoms with Gasteiger partial charge in [-0.25, -0.2) is 9.59 Å². The smallest absolute Gasteiger partial charge is 0.338 e. The lowest BCUT2D eigenvalue weighted by atomic mass is 10.2. The van der Waals surface area contributed by atoms with E-state index in [2.05, 4.69) is 31.4 Å². The lowest BCUT2D eigenvalue weighted by Crippen LogP contribution is -2.19. The van der Waals surface area contributed by atoms with Crippen LogP contribution < -0.4 is 11.1 Å². The molecule has 0 aliphatic heterocycles. The first-order valence-electron chi connectivity index (χ1n) is 7.43. The van der Waals surface area contributed by atoms with Crippen LogP contribution in [-0.2, 0) is 11.3 Å². The number of esters is 1. The predicted molar refractivity (Wildman–Crippen MR) is 96.2 cm³/mol. The van der Waals surface area contributed by atoms with Gasteiger partial charge in [0, 0.05) is 15.7 Å². The molecule has 3 rings (SSSR count). The van der Waals surface area contributed by atoms with E-state index in [9.17, 15) is 9.59 Å². The molecule has 1 heterocycles. The lowest BCUT2D eigenvalue weighted by Gasteiger charge is -2.04. The summed E-state index contributed by atoms with van der Waals surface area (Å²) in [6.45, 7) is -0.152. The molecule has 0 bridgehead atoms. The highest BCUT2D eigenvalue weighted by Crippen LogP contribution is 2.20. The van der Waals surface area contributed by atoms with E-state index in [0.29, 0.717) is 17.1 Å². The third-order valence-corrected chi connectivity index (χ3v) is 3.76. The van der Waals surface area contributed by atoms with Crippen LogP contribution in [0.2, 0.25) is 0 Å². The van der Waals surface area contributed by atoms with Crippen molar-refractivity contribution in [3.63, 3.8) is 0 Å². The van der Waals surface area contributed by atoms with Crippen molar-refractivity contribution < 1.29 is 18.8 Å². The first-order chi connectivity index (χ1) is 12.5. The van der Waals surface area contributed by atoms with Gasteiger partial charge in [-0.3, -0.25) is 0 Å². The van der Waals surface area contributed by atoms with Crippen molar-refractivity contribution in [1.29, 1.82) is 0 Å². The third-order valence-electron chi connectivity index (χ3n) is 3.27. The number of primary amides is 1. The fourth-order valence-corrected chi connectivity index (χ4v) is 2.50. The van der Waals surface area contributed by atoms with Gasteiger partial charge in [0.05, 0.1) is 5.56 Å². The first-order valence-corrected chi connectivity index (χ1v) is 8.23. The van der Waals surface area contributed by atoms with Crippen LogP contribution in [0.1, 0.15) is 16.2 Å². The summed E-state index contributed by atoms with van der Waals surface area (Å²) in [5, 5.41) is 6.27. The highest BCUT2D eigenvalue weighted by molar-refractivity contribution is 9.10. The number of nitrogens with two attached hydrogens (primary N) is 1. The zero-order chi connectivity index (χ0) is 18.5. The number of halogens is 1. The maximum Gasteiger partial charge on any atom is 0.338 e. The molecule has 26 heavy (non-hydrogen) atoms. The van der Waals surface area contributed by atoms with Crippen LogP contribution in [0.5, 0.6) is 0 Å². The second-order valence-corrected chi connectivity index (χ2v) is 6.08. The number of nitrogens with one attached hydrogen (secondary N) is 1. The Morgan fingerprint density at radius 3 is 2.65 bits per heavy atom. The largest absolute Gasteiger partial charge is 0.452 e. The molecule has 3 aromatic rings. The number of hydrogen-bond donors (Lipinski definition) is 2. The molecule has 0 atom stereocenters. The van der Waals surface area contributed by atoms with Crippen LogP contribution in [0.4, 0.5) is 10.5 Å². The maximum atomic E-state index is 12.0. The van der Waals surface area contributed by atoms with Crippen LogP contribution >= 0.6 is 15.9 Å². The molecule has 0 aliphatic rings. The van der Waals surface area contributed by atoms with E-state index in [1.54, 1.807) is 12.1 Å². The minimum absolute atomic E-state index is 0.152. The van der Waals surface area contributed by atoms with E-state index in [1.807, 2.05) is 24.3 Å². The normalized spacial score (nSPS) is 10.3. The molecule has 8 nitrogen and oxygen atoms in total. The van der Waals surface area contributed by atoms with E-state index in [0.717, 1.165) is 10.0 Å². The summed E-state index contributed by atoms with van der Waals surface area (Å²) in [5.74, 6) is 0.0254. The Kier molecular flexibility index (Phi) is 5.28. The molecule has 0 unspecified atom stereocenters. The number of hydrogen-bond acceptors (Lipinski definition) is 6. The van der Waals surface area contributed by atoms with Crippen molar-refractivity contribution in [2.45, 2.75) is 6.61 Å². The summed E-state index contributed by atoms with van der Waals surface area (Å²) in [4.78, 5) is 27.0. The Balaban J connectivity index is 1.60. The Morgan fingerprint density at radius 1 is 1.19 bits per heavy atom. The second-order valence-electron chi connectivity index (χ2n) is 5.16. The number of anilines is 1. The molecular weight excluding hydrogens is 404 g/mol. The number of rotatable bonds is 5. The molecule has 0 aliphatic carbocycles. The highest BCUT2D eigenvalue weighted by atomic mass is 79.9. The summed E-state index contributed by atoms with van der Waals surface area (Å²) in [7, 11) is 0. The van der Waals surface area contributed by atoms with Crippen molar-refractivity contribution in [1.82, 2.24) is 10.1 Å². The van der Waals surface area contributed by atoms with Crippen molar-refractivity contribution in [3.05, 3.63) is 64.5 Å². The summed E-state index contributed by atoms with van der Waals surface area (Å²) < 4.78 is 11.1. The van der Waals surface area contributed by atoms with Crippen LogP contribution in [0, 0.1) is 0 Å². The minimum Gasteiger partial charge on any atom is -0.452 e. The molecule has 3 N–H and O–H groups in total.